The number of carbonyl (C=O) groups is 1. The zero-order chi connectivity index (χ0) is 19.8. The van der Waals surface area contributed by atoms with Crippen molar-refractivity contribution in [3.05, 3.63) is 40.4 Å². The zero-order valence-electron chi connectivity index (χ0n) is 16.9. The standard InChI is InChI=1S/C21H32ClN3O2/c1-5-16(2)15-25-11-8-18(9-12-25)27-20-7-6-17(14-19(20)22)21(26)23-10-13-24(3)4/h5-7,14,18H,8-13,15H2,1-4H3,(H,23,26). The van der Waals surface area contributed by atoms with Gasteiger partial charge in [-0.3, -0.25) is 9.69 Å². The Hall–Kier alpha value is -1.56. The molecular weight excluding hydrogens is 362 g/mol. The van der Waals surface area contributed by atoms with E-state index in [1.807, 2.05) is 19.0 Å². The van der Waals surface area contributed by atoms with Gasteiger partial charge in [-0.05, 0) is 59.0 Å². The lowest BCUT2D eigenvalue weighted by molar-refractivity contribution is 0.0950. The maximum absolute atomic E-state index is 12.2. The number of rotatable bonds is 8. The fourth-order valence-electron chi connectivity index (χ4n) is 3.04. The van der Waals surface area contributed by atoms with Crippen LogP contribution in [-0.4, -0.2) is 68.6 Å². The molecule has 0 unspecified atom stereocenters. The fourth-order valence-corrected chi connectivity index (χ4v) is 3.27. The lowest BCUT2D eigenvalue weighted by atomic mass is 10.1. The van der Waals surface area contributed by atoms with Gasteiger partial charge in [0.25, 0.3) is 5.91 Å². The van der Waals surface area contributed by atoms with Crippen LogP contribution in [0.5, 0.6) is 5.75 Å². The molecule has 1 aliphatic rings. The molecule has 0 atom stereocenters. The summed E-state index contributed by atoms with van der Waals surface area (Å²) < 4.78 is 6.10. The van der Waals surface area contributed by atoms with Crippen molar-refractivity contribution in [3.8, 4) is 5.75 Å². The summed E-state index contributed by atoms with van der Waals surface area (Å²) >= 11 is 6.36. The third kappa shape index (κ3) is 7.17. The first-order valence-electron chi connectivity index (χ1n) is 9.62. The number of nitrogens with zero attached hydrogens (tertiary/aromatic N) is 2. The Bertz CT molecular complexity index is 653. The summed E-state index contributed by atoms with van der Waals surface area (Å²) in [6.45, 7) is 8.74. The van der Waals surface area contributed by atoms with Crippen LogP contribution in [-0.2, 0) is 0 Å². The number of carbonyl (C=O) groups excluding carboxylic acids is 1. The van der Waals surface area contributed by atoms with Gasteiger partial charge in [0.2, 0.25) is 0 Å². The van der Waals surface area contributed by atoms with E-state index in [4.69, 9.17) is 16.3 Å². The normalized spacial score (nSPS) is 16.6. The molecule has 1 amide bonds. The van der Waals surface area contributed by atoms with Gasteiger partial charge < -0.3 is 15.0 Å². The number of amides is 1. The molecule has 1 heterocycles. The van der Waals surface area contributed by atoms with Crippen molar-refractivity contribution in [1.29, 1.82) is 0 Å². The van der Waals surface area contributed by atoms with Crippen LogP contribution >= 0.6 is 11.6 Å². The van der Waals surface area contributed by atoms with E-state index in [0.717, 1.165) is 39.0 Å². The number of benzene rings is 1. The van der Waals surface area contributed by atoms with Crippen molar-refractivity contribution in [2.75, 3.05) is 46.8 Å². The average Bonchev–Trinajstić information content (AvgIpc) is 2.64. The van der Waals surface area contributed by atoms with Crippen molar-refractivity contribution in [3.63, 3.8) is 0 Å². The molecule has 27 heavy (non-hydrogen) atoms. The monoisotopic (exact) mass is 393 g/mol. The van der Waals surface area contributed by atoms with Crippen LogP contribution < -0.4 is 10.1 Å². The minimum absolute atomic E-state index is 0.113. The van der Waals surface area contributed by atoms with Crippen LogP contribution in [0.1, 0.15) is 37.0 Å². The Balaban J connectivity index is 1.85. The summed E-state index contributed by atoms with van der Waals surface area (Å²) in [4.78, 5) is 16.7. The molecule has 1 N–H and O–H groups in total. The number of ether oxygens (including phenoxy) is 1. The molecule has 0 radical (unpaired) electrons. The summed E-state index contributed by atoms with van der Waals surface area (Å²) in [7, 11) is 3.95. The molecule has 0 aromatic heterocycles. The van der Waals surface area contributed by atoms with Gasteiger partial charge in [-0.1, -0.05) is 23.3 Å². The Morgan fingerprint density at radius 1 is 1.37 bits per heavy atom. The number of hydrogen-bond donors (Lipinski definition) is 1. The quantitative estimate of drug-likeness (QED) is 0.687. The Morgan fingerprint density at radius 2 is 2.07 bits per heavy atom. The molecule has 1 aromatic rings. The van der Waals surface area contributed by atoms with Crippen molar-refractivity contribution >= 4 is 17.5 Å². The average molecular weight is 394 g/mol. The van der Waals surface area contributed by atoms with Crippen molar-refractivity contribution in [2.24, 2.45) is 0 Å². The third-order valence-corrected chi connectivity index (χ3v) is 5.13. The molecule has 0 bridgehead atoms. The second kappa shape index (κ2) is 10.7. The maximum atomic E-state index is 12.2. The number of likely N-dealkylation sites (N-methyl/N-ethyl adjacent to an activating group) is 1. The predicted molar refractivity (Wildman–Crippen MR) is 112 cm³/mol. The highest BCUT2D eigenvalue weighted by atomic mass is 35.5. The number of likely N-dealkylation sites (tertiary alicyclic amines) is 1. The van der Waals surface area contributed by atoms with Gasteiger partial charge in [-0.25, -0.2) is 0 Å². The lowest BCUT2D eigenvalue weighted by Crippen LogP contribution is -2.39. The summed E-state index contributed by atoms with van der Waals surface area (Å²) in [5.41, 5.74) is 1.96. The molecule has 0 aliphatic carbocycles. The number of halogens is 1. The van der Waals surface area contributed by atoms with Crippen molar-refractivity contribution < 1.29 is 9.53 Å². The van der Waals surface area contributed by atoms with Gasteiger partial charge in [0, 0.05) is 38.3 Å². The SMILES string of the molecule is CC=C(C)CN1CCC(Oc2ccc(C(=O)NCCN(C)C)cc2Cl)CC1. The zero-order valence-corrected chi connectivity index (χ0v) is 17.7. The van der Waals surface area contributed by atoms with Crippen molar-refractivity contribution in [1.82, 2.24) is 15.1 Å². The molecule has 1 fully saturated rings. The molecule has 1 saturated heterocycles. The van der Waals surface area contributed by atoms with Gasteiger partial charge in [-0.15, -0.1) is 0 Å². The summed E-state index contributed by atoms with van der Waals surface area (Å²) in [5, 5.41) is 3.38. The van der Waals surface area contributed by atoms with Crippen LogP contribution in [0.25, 0.3) is 0 Å². The van der Waals surface area contributed by atoms with Crippen LogP contribution in [0.15, 0.2) is 29.8 Å². The highest BCUT2D eigenvalue weighted by Crippen LogP contribution is 2.28. The second-order valence-corrected chi connectivity index (χ2v) is 7.84. The predicted octanol–water partition coefficient (Wildman–Crippen LogP) is 3.44. The molecular formula is C21H32ClN3O2. The summed E-state index contributed by atoms with van der Waals surface area (Å²) in [6, 6.07) is 5.27. The number of allylic oxidation sites excluding steroid dienone is 1. The third-order valence-electron chi connectivity index (χ3n) is 4.83. The largest absolute Gasteiger partial charge is 0.489 e. The summed E-state index contributed by atoms with van der Waals surface area (Å²) in [5.74, 6) is 0.544. The fraction of sp³-hybridized carbons (Fsp3) is 0.571. The molecule has 2 rings (SSSR count). The lowest BCUT2D eigenvalue weighted by Gasteiger charge is -2.32. The first-order chi connectivity index (χ1) is 12.9. The topological polar surface area (TPSA) is 44.8 Å². The molecule has 6 heteroatoms. The molecule has 1 aromatic carbocycles. The van der Waals surface area contributed by atoms with Crippen LogP contribution in [0, 0.1) is 0 Å². The first-order valence-corrected chi connectivity index (χ1v) is 10.00. The summed E-state index contributed by atoms with van der Waals surface area (Å²) in [6.07, 6.45) is 4.31. The van der Waals surface area contributed by atoms with E-state index in [0.29, 0.717) is 22.9 Å². The molecule has 150 valence electrons. The van der Waals surface area contributed by atoms with Gasteiger partial charge in [-0.2, -0.15) is 0 Å². The molecule has 1 aliphatic heterocycles. The van der Waals surface area contributed by atoms with Gasteiger partial charge >= 0.3 is 0 Å². The Morgan fingerprint density at radius 3 is 2.67 bits per heavy atom. The van der Waals surface area contributed by atoms with E-state index in [9.17, 15) is 4.79 Å². The second-order valence-electron chi connectivity index (χ2n) is 7.43. The van der Waals surface area contributed by atoms with E-state index in [1.165, 1.54) is 5.57 Å². The Kier molecular flexibility index (Phi) is 8.61. The smallest absolute Gasteiger partial charge is 0.251 e. The number of hydrogen-bond acceptors (Lipinski definition) is 4. The highest BCUT2D eigenvalue weighted by Gasteiger charge is 2.21. The number of nitrogens with one attached hydrogen (secondary N) is 1. The minimum atomic E-state index is -0.113. The Labute approximate surface area is 168 Å². The molecule has 5 nitrogen and oxygen atoms in total. The molecule has 0 spiro atoms. The van der Waals surface area contributed by atoms with E-state index in [-0.39, 0.29) is 12.0 Å². The van der Waals surface area contributed by atoms with Gasteiger partial charge in [0.05, 0.1) is 5.02 Å². The minimum Gasteiger partial charge on any atom is -0.489 e. The first kappa shape index (κ1) is 21.7. The van der Waals surface area contributed by atoms with Crippen molar-refractivity contribution in [2.45, 2.75) is 32.8 Å². The van der Waals surface area contributed by atoms with E-state index in [1.54, 1.807) is 18.2 Å². The van der Waals surface area contributed by atoms with Crippen LogP contribution in [0.3, 0.4) is 0 Å². The van der Waals surface area contributed by atoms with Gasteiger partial charge in [0.15, 0.2) is 0 Å². The van der Waals surface area contributed by atoms with Gasteiger partial charge in [0.1, 0.15) is 11.9 Å². The van der Waals surface area contributed by atoms with E-state index < -0.39 is 0 Å². The molecule has 0 saturated carbocycles. The maximum Gasteiger partial charge on any atom is 0.251 e. The van der Waals surface area contributed by atoms with Crippen LogP contribution in [0.4, 0.5) is 0 Å². The number of piperidine rings is 1. The van der Waals surface area contributed by atoms with Crippen LogP contribution in [0.2, 0.25) is 5.02 Å². The van der Waals surface area contributed by atoms with E-state index >= 15 is 0 Å². The van der Waals surface area contributed by atoms with E-state index in [2.05, 4.69) is 30.1 Å². The highest BCUT2D eigenvalue weighted by molar-refractivity contribution is 6.32.